The number of aryl methyl sites for hydroxylation is 1. The molecule has 1 aliphatic heterocycles. The summed E-state index contributed by atoms with van der Waals surface area (Å²) < 4.78 is 0. The Bertz CT molecular complexity index is 1030. The summed E-state index contributed by atoms with van der Waals surface area (Å²) in [6.07, 6.45) is 1.84. The summed E-state index contributed by atoms with van der Waals surface area (Å²) >= 11 is 6.08. The van der Waals surface area contributed by atoms with Gasteiger partial charge in [0, 0.05) is 23.4 Å². The van der Waals surface area contributed by atoms with Crippen LogP contribution in [0.4, 0.5) is 5.82 Å². The molecule has 2 aromatic carbocycles. The maximum atomic E-state index is 11.7. The highest BCUT2D eigenvalue weighted by atomic mass is 35.5. The summed E-state index contributed by atoms with van der Waals surface area (Å²) in [5.41, 5.74) is 1.77. The molecular weight excluding hydrogens is 388 g/mol. The number of nitrogens with zero attached hydrogens (tertiary/aromatic N) is 3. The Kier molecular flexibility index (Phi) is 5.65. The number of aromatic carboxylic acids is 1. The molecule has 4 rings (SSSR count). The van der Waals surface area contributed by atoms with Crippen LogP contribution in [0.2, 0.25) is 5.02 Å². The van der Waals surface area contributed by atoms with Gasteiger partial charge < -0.3 is 15.3 Å². The number of rotatable bonds is 7. The number of aromatic nitrogens is 2. The molecule has 2 N–H and O–H groups in total. The van der Waals surface area contributed by atoms with Gasteiger partial charge in [-0.1, -0.05) is 36.7 Å². The van der Waals surface area contributed by atoms with E-state index in [0.29, 0.717) is 34.0 Å². The molecule has 1 aromatic heterocycles. The Morgan fingerprint density at radius 1 is 1.21 bits per heavy atom. The zero-order valence-corrected chi connectivity index (χ0v) is 17.0. The first-order valence-corrected chi connectivity index (χ1v) is 10.2. The molecular formula is C22H23ClN4O2. The van der Waals surface area contributed by atoms with Gasteiger partial charge in [0.25, 0.3) is 0 Å². The van der Waals surface area contributed by atoms with Gasteiger partial charge in [0.15, 0.2) is 0 Å². The number of nitrogens with one attached hydrogen (secondary N) is 1. The van der Waals surface area contributed by atoms with Gasteiger partial charge in [-0.2, -0.15) is 0 Å². The van der Waals surface area contributed by atoms with Gasteiger partial charge in [-0.15, -0.1) is 0 Å². The Hall–Kier alpha value is -2.70. The number of para-hydroxylation sites is 1. The van der Waals surface area contributed by atoms with Gasteiger partial charge in [0.1, 0.15) is 11.6 Å². The molecule has 6 nitrogen and oxygen atoms in total. The highest BCUT2D eigenvalue weighted by Gasteiger charge is 2.23. The summed E-state index contributed by atoms with van der Waals surface area (Å²) in [6.45, 7) is 4.97. The molecule has 29 heavy (non-hydrogen) atoms. The number of anilines is 1. The molecule has 2 heterocycles. The van der Waals surface area contributed by atoms with Crippen LogP contribution in [0.25, 0.3) is 10.9 Å². The van der Waals surface area contributed by atoms with Crippen molar-refractivity contribution in [2.45, 2.75) is 25.8 Å². The van der Waals surface area contributed by atoms with Crippen molar-refractivity contribution in [2.24, 2.45) is 0 Å². The van der Waals surface area contributed by atoms with E-state index in [0.717, 1.165) is 25.2 Å². The molecule has 0 spiro atoms. The second kappa shape index (κ2) is 8.35. The lowest BCUT2D eigenvalue weighted by Crippen LogP contribution is -2.41. The molecule has 0 aliphatic carbocycles. The van der Waals surface area contributed by atoms with Crippen LogP contribution in [-0.4, -0.2) is 45.6 Å². The van der Waals surface area contributed by atoms with E-state index in [9.17, 15) is 9.90 Å². The Morgan fingerprint density at radius 3 is 2.59 bits per heavy atom. The second-order valence-corrected chi connectivity index (χ2v) is 7.69. The SMILES string of the molecule is CCc1nc(N[C@H](CN2CCC2)c2ccc(Cl)cc2)c2cccc(C(=O)O)c2n1. The van der Waals surface area contributed by atoms with E-state index in [2.05, 4.69) is 15.2 Å². The van der Waals surface area contributed by atoms with Crippen LogP contribution in [0, 0.1) is 0 Å². The number of carbonyl (C=O) groups is 1. The number of benzene rings is 2. The van der Waals surface area contributed by atoms with E-state index in [-0.39, 0.29) is 11.6 Å². The zero-order chi connectivity index (χ0) is 20.4. The van der Waals surface area contributed by atoms with Crippen molar-refractivity contribution in [1.29, 1.82) is 0 Å². The van der Waals surface area contributed by atoms with Crippen molar-refractivity contribution in [3.8, 4) is 0 Å². The third kappa shape index (κ3) is 4.18. The molecule has 1 aliphatic rings. The Balaban J connectivity index is 1.77. The number of likely N-dealkylation sites (tertiary alicyclic amines) is 1. The lowest BCUT2D eigenvalue weighted by Gasteiger charge is -2.35. The van der Waals surface area contributed by atoms with Crippen LogP contribution in [0.3, 0.4) is 0 Å². The number of halogens is 1. The minimum absolute atomic E-state index is 0.00357. The van der Waals surface area contributed by atoms with Gasteiger partial charge in [-0.05, 0) is 49.3 Å². The standard InChI is InChI=1S/C22H23ClN4O2/c1-2-19-25-20-16(5-3-6-17(20)22(28)29)21(26-19)24-18(13-27-11-4-12-27)14-7-9-15(23)10-8-14/h3,5-10,18H,2,4,11-13H2,1H3,(H,28,29)(H,24,25,26)/t18-/m1/s1. The van der Waals surface area contributed by atoms with Gasteiger partial charge in [-0.25, -0.2) is 14.8 Å². The number of hydrogen-bond donors (Lipinski definition) is 2. The Labute approximate surface area is 174 Å². The number of carboxylic acids is 1. The van der Waals surface area contributed by atoms with E-state index in [1.54, 1.807) is 12.1 Å². The summed E-state index contributed by atoms with van der Waals surface area (Å²) in [4.78, 5) is 23.3. The quantitative estimate of drug-likeness (QED) is 0.601. The minimum Gasteiger partial charge on any atom is -0.478 e. The first-order chi connectivity index (χ1) is 14.0. The molecule has 3 aromatic rings. The number of fused-ring (bicyclic) bond motifs is 1. The average molecular weight is 411 g/mol. The molecule has 0 radical (unpaired) electrons. The molecule has 7 heteroatoms. The lowest BCUT2D eigenvalue weighted by atomic mass is 10.0. The van der Waals surface area contributed by atoms with Crippen molar-refractivity contribution in [3.05, 3.63) is 64.4 Å². The molecule has 0 unspecified atom stereocenters. The predicted octanol–water partition coefficient (Wildman–Crippen LogP) is 4.40. The molecule has 1 saturated heterocycles. The third-order valence-electron chi connectivity index (χ3n) is 5.29. The number of hydrogen-bond acceptors (Lipinski definition) is 5. The lowest BCUT2D eigenvalue weighted by molar-refractivity contribution is 0.0699. The highest BCUT2D eigenvalue weighted by molar-refractivity contribution is 6.30. The fraction of sp³-hybridized carbons (Fsp3) is 0.318. The van der Waals surface area contributed by atoms with Crippen LogP contribution in [-0.2, 0) is 6.42 Å². The second-order valence-electron chi connectivity index (χ2n) is 7.25. The van der Waals surface area contributed by atoms with Gasteiger partial charge in [0.05, 0.1) is 17.1 Å². The maximum Gasteiger partial charge on any atom is 0.337 e. The molecule has 1 fully saturated rings. The average Bonchev–Trinajstić information content (AvgIpc) is 2.69. The van der Waals surface area contributed by atoms with Crippen LogP contribution in [0.1, 0.15) is 41.1 Å². The predicted molar refractivity (Wildman–Crippen MR) is 115 cm³/mol. The summed E-state index contributed by atoms with van der Waals surface area (Å²) in [5, 5.41) is 14.6. The maximum absolute atomic E-state index is 11.7. The van der Waals surface area contributed by atoms with Gasteiger partial charge >= 0.3 is 5.97 Å². The van der Waals surface area contributed by atoms with Crippen LogP contribution >= 0.6 is 11.6 Å². The van der Waals surface area contributed by atoms with Crippen molar-refractivity contribution < 1.29 is 9.90 Å². The molecule has 0 saturated carbocycles. The van der Waals surface area contributed by atoms with Gasteiger partial charge in [0.2, 0.25) is 0 Å². The van der Waals surface area contributed by atoms with E-state index in [1.165, 1.54) is 6.42 Å². The van der Waals surface area contributed by atoms with Gasteiger partial charge in [-0.3, -0.25) is 0 Å². The highest BCUT2D eigenvalue weighted by Crippen LogP contribution is 2.29. The summed E-state index contributed by atoms with van der Waals surface area (Å²) in [6, 6.07) is 13.0. The molecule has 150 valence electrons. The van der Waals surface area contributed by atoms with Crippen LogP contribution < -0.4 is 5.32 Å². The molecule has 1 atom stereocenters. The summed E-state index contributed by atoms with van der Waals surface area (Å²) in [5.74, 6) is 0.292. The normalized spacial score (nSPS) is 15.1. The van der Waals surface area contributed by atoms with Crippen molar-refractivity contribution in [3.63, 3.8) is 0 Å². The fourth-order valence-electron chi connectivity index (χ4n) is 3.56. The van der Waals surface area contributed by atoms with E-state index >= 15 is 0 Å². The van der Waals surface area contributed by atoms with Crippen molar-refractivity contribution in [1.82, 2.24) is 14.9 Å². The summed E-state index contributed by atoms with van der Waals surface area (Å²) in [7, 11) is 0. The largest absolute Gasteiger partial charge is 0.478 e. The fourth-order valence-corrected chi connectivity index (χ4v) is 3.68. The monoisotopic (exact) mass is 410 g/mol. The molecule has 0 bridgehead atoms. The minimum atomic E-state index is -0.989. The van der Waals surface area contributed by atoms with Crippen LogP contribution in [0.15, 0.2) is 42.5 Å². The first kappa shape index (κ1) is 19.6. The van der Waals surface area contributed by atoms with E-state index in [1.807, 2.05) is 37.3 Å². The van der Waals surface area contributed by atoms with Crippen molar-refractivity contribution >= 4 is 34.3 Å². The van der Waals surface area contributed by atoms with E-state index in [4.69, 9.17) is 16.6 Å². The topological polar surface area (TPSA) is 78.4 Å². The smallest absolute Gasteiger partial charge is 0.337 e. The first-order valence-electron chi connectivity index (χ1n) is 9.82. The van der Waals surface area contributed by atoms with Crippen LogP contribution in [0.5, 0.6) is 0 Å². The number of carboxylic acid groups (broad SMARTS) is 1. The third-order valence-corrected chi connectivity index (χ3v) is 5.54. The molecule has 0 amide bonds. The zero-order valence-electron chi connectivity index (χ0n) is 16.2. The van der Waals surface area contributed by atoms with Crippen molar-refractivity contribution in [2.75, 3.05) is 25.0 Å². The Morgan fingerprint density at radius 2 is 1.97 bits per heavy atom. The van der Waals surface area contributed by atoms with E-state index < -0.39 is 5.97 Å².